The standard InChI is InChI=1S/C19H30N2O4S/c1-16-11-25-15-19(14-22,21(16)10-17-6-3-2-4-7-17)13-20-18-8-5-9-26(23,24)12-18/h2-4,6-7,16,18,20,22H,5,8-15H2,1H3/t16-,18?,19+/m1/s1. The first-order valence-corrected chi connectivity index (χ1v) is 11.2. The summed E-state index contributed by atoms with van der Waals surface area (Å²) in [5.74, 6) is 0.472. The van der Waals surface area contributed by atoms with Crippen molar-refractivity contribution in [3.63, 3.8) is 0 Å². The molecule has 1 aromatic rings. The fourth-order valence-corrected chi connectivity index (χ4v) is 5.70. The minimum absolute atomic E-state index is 0.0311. The van der Waals surface area contributed by atoms with E-state index in [4.69, 9.17) is 4.74 Å². The van der Waals surface area contributed by atoms with Gasteiger partial charge in [0.25, 0.3) is 0 Å². The van der Waals surface area contributed by atoms with Gasteiger partial charge in [0.15, 0.2) is 9.84 Å². The average Bonchev–Trinajstić information content (AvgIpc) is 2.62. The molecule has 0 radical (unpaired) electrons. The summed E-state index contributed by atoms with van der Waals surface area (Å²) in [5.41, 5.74) is 0.647. The molecule has 0 spiro atoms. The number of ether oxygens (including phenoxy) is 1. The predicted molar refractivity (Wildman–Crippen MR) is 102 cm³/mol. The van der Waals surface area contributed by atoms with Gasteiger partial charge in [0.1, 0.15) is 0 Å². The van der Waals surface area contributed by atoms with Gasteiger partial charge in [0.05, 0.1) is 36.9 Å². The Kier molecular flexibility index (Phi) is 6.35. The highest BCUT2D eigenvalue weighted by atomic mass is 32.2. The monoisotopic (exact) mass is 382 g/mol. The number of hydrogen-bond donors (Lipinski definition) is 2. The summed E-state index contributed by atoms with van der Waals surface area (Å²) in [6.45, 7) is 4.39. The van der Waals surface area contributed by atoms with Gasteiger partial charge in [-0.15, -0.1) is 0 Å². The number of nitrogens with one attached hydrogen (secondary N) is 1. The summed E-state index contributed by atoms with van der Waals surface area (Å²) in [5, 5.41) is 13.7. The van der Waals surface area contributed by atoms with E-state index >= 15 is 0 Å². The van der Waals surface area contributed by atoms with Crippen LogP contribution in [0, 0.1) is 0 Å². The molecular weight excluding hydrogens is 352 g/mol. The molecule has 0 saturated carbocycles. The average molecular weight is 383 g/mol. The van der Waals surface area contributed by atoms with Crippen LogP contribution in [0.1, 0.15) is 25.3 Å². The summed E-state index contributed by atoms with van der Waals surface area (Å²) >= 11 is 0. The number of rotatable bonds is 6. The van der Waals surface area contributed by atoms with Crippen LogP contribution in [-0.4, -0.2) is 73.9 Å². The Balaban J connectivity index is 1.73. The highest BCUT2D eigenvalue weighted by Gasteiger charge is 2.43. The largest absolute Gasteiger partial charge is 0.394 e. The van der Waals surface area contributed by atoms with Crippen LogP contribution in [0.25, 0.3) is 0 Å². The van der Waals surface area contributed by atoms with Gasteiger partial charge in [-0.25, -0.2) is 8.42 Å². The van der Waals surface area contributed by atoms with Gasteiger partial charge in [-0.3, -0.25) is 4.90 Å². The lowest BCUT2D eigenvalue weighted by Crippen LogP contribution is -2.67. The summed E-state index contributed by atoms with van der Waals surface area (Å²) in [4.78, 5) is 2.30. The molecule has 0 amide bonds. The predicted octanol–water partition coefficient (Wildman–Crippen LogP) is 0.805. The smallest absolute Gasteiger partial charge is 0.151 e. The molecule has 2 aliphatic heterocycles. The second-order valence-corrected chi connectivity index (χ2v) is 9.92. The molecule has 0 aliphatic carbocycles. The number of nitrogens with zero attached hydrogens (tertiary/aromatic N) is 1. The van der Waals surface area contributed by atoms with Crippen molar-refractivity contribution < 1.29 is 18.3 Å². The van der Waals surface area contributed by atoms with E-state index in [1.54, 1.807) is 0 Å². The second-order valence-electron chi connectivity index (χ2n) is 7.69. The molecule has 26 heavy (non-hydrogen) atoms. The van der Waals surface area contributed by atoms with Crippen LogP contribution >= 0.6 is 0 Å². The summed E-state index contributed by atoms with van der Waals surface area (Å²) < 4.78 is 29.6. The van der Waals surface area contributed by atoms with Gasteiger partial charge in [0.2, 0.25) is 0 Å². The summed E-state index contributed by atoms with van der Waals surface area (Å²) in [6.07, 6.45) is 1.56. The molecule has 1 unspecified atom stereocenters. The van der Waals surface area contributed by atoms with Crippen molar-refractivity contribution in [1.82, 2.24) is 10.2 Å². The first-order chi connectivity index (χ1) is 12.4. The molecule has 0 bridgehead atoms. The van der Waals surface area contributed by atoms with Gasteiger partial charge >= 0.3 is 0 Å². The third-order valence-electron chi connectivity index (χ3n) is 5.54. The van der Waals surface area contributed by atoms with Crippen LogP contribution in [0.4, 0.5) is 0 Å². The highest BCUT2D eigenvalue weighted by molar-refractivity contribution is 7.91. The van der Waals surface area contributed by atoms with Crippen LogP contribution < -0.4 is 5.32 Å². The maximum Gasteiger partial charge on any atom is 0.151 e. The first kappa shape index (κ1) is 19.8. The Morgan fingerprint density at radius 1 is 1.35 bits per heavy atom. The van der Waals surface area contributed by atoms with Crippen molar-refractivity contribution in [2.75, 3.05) is 37.9 Å². The van der Waals surface area contributed by atoms with Crippen molar-refractivity contribution >= 4 is 9.84 Å². The number of sulfone groups is 1. The molecule has 2 aliphatic rings. The summed E-state index contributed by atoms with van der Waals surface area (Å²) in [7, 11) is -2.95. The van der Waals surface area contributed by atoms with Gasteiger partial charge in [-0.05, 0) is 25.3 Å². The van der Waals surface area contributed by atoms with Crippen LogP contribution in [-0.2, 0) is 21.1 Å². The van der Waals surface area contributed by atoms with Crippen molar-refractivity contribution in [3.8, 4) is 0 Å². The zero-order valence-corrected chi connectivity index (χ0v) is 16.2. The highest BCUT2D eigenvalue weighted by Crippen LogP contribution is 2.27. The molecule has 7 heteroatoms. The van der Waals surface area contributed by atoms with Crippen molar-refractivity contribution in [3.05, 3.63) is 35.9 Å². The van der Waals surface area contributed by atoms with Gasteiger partial charge in [-0.1, -0.05) is 30.3 Å². The van der Waals surface area contributed by atoms with Crippen LogP contribution in [0.15, 0.2) is 30.3 Å². The second kappa shape index (κ2) is 8.35. The topological polar surface area (TPSA) is 78.9 Å². The van der Waals surface area contributed by atoms with E-state index in [2.05, 4.69) is 29.3 Å². The van der Waals surface area contributed by atoms with Gasteiger partial charge in [0, 0.05) is 25.2 Å². The fourth-order valence-electron chi connectivity index (χ4n) is 4.03. The lowest BCUT2D eigenvalue weighted by molar-refractivity contribution is -0.123. The number of hydrogen-bond acceptors (Lipinski definition) is 6. The number of aliphatic hydroxyl groups is 1. The number of morpholine rings is 1. The van der Waals surface area contributed by atoms with E-state index in [1.165, 1.54) is 5.56 Å². The van der Waals surface area contributed by atoms with Crippen molar-refractivity contribution in [2.24, 2.45) is 0 Å². The third-order valence-corrected chi connectivity index (χ3v) is 7.36. The van der Waals surface area contributed by atoms with E-state index < -0.39 is 15.4 Å². The maximum atomic E-state index is 11.9. The van der Waals surface area contributed by atoms with Gasteiger partial charge in [-0.2, -0.15) is 0 Å². The zero-order chi connectivity index (χ0) is 18.6. The maximum absolute atomic E-state index is 11.9. The van der Waals surface area contributed by atoms with E-state index in [-0.39, 0.29) is 30.2 Å². The number of benzene rings is 1. The zero-order valence-electron chi connectivity index (χ0n) is 15.4. The van der Waals surface area contributed by atoms with Crippen LogP contribution in [0.2, 0.25) is 0 Å². The molecule has 2 saturated heterocycles. The van der Waals surface area contributed by atoms with Crippen LogP contribution in [0.5, 0.6) is 0 Å². The lowest BCUT2D eigenvalue weighted by atomic mass is 9.93. The van der Waals surface area contributed by atoms with E-state index in [0.717, 1.165) is 13.0 Å². The Bertz CT molecular complexity index is 682. The molecular formula is C19H30N2O4S. The van der Waals surface area contributed by atoms with E-state index in [9.17, 15) is 13.5 Å². The normalized spacial score (nSPS) is 32.4. The minimum atomic E-state index is -2.95. The molecule has 2 fully saturated rings. The lowest BCUT2D eigenvalue weighted by Gasteiger charge is -2.50. The quantitative estimate of drug-likeness (QED) is 0.758. The molecule has 3 atom stereocenters. The number of aliphatic hydroxyl groups excluding tert-OH is 1. The Hall–Kier alpha value is -0.990. The summed E-state index contributed by atoms with van der Waals surface area (Å²) in [6, 6.07) is 10.3. The molecule has 0 aromatic heterocycles. The first-order valence-electron chi connectivity index (χ1n) is 9.37. The molecule has 2 heterocycles. The van der Waals surface area contributed by atoms with Crippen molar-refractivity contribution in [1.29, 1.82) is 0 Å². The van der Waals surface area contributed by atoms with Gasteiger partial charge < -0.3 is 15.2 Å². The van der Waals surface area contributed by atoms with E-state index in [0.29, 0.717) is 26.2 Å². The molecule has 1 aromatic carbocycles. The SMILES string of the molecule is C[C@@H]1COC[C@@](CO)(CNC2CCCS(=O)(=O)C2)N1Cc1ccccc1. The molecule has 3 rings (SSSR count). The minimum Gasteiger partial charge on any atom is -0.394 e. The fraction of sp³-hybridized carbons (Fsp3) is 0.684. The Labute approximate surface area is 156 Å². The van der Waals surface area contributed by atoms with Crippen LogP contribution in [0.3, 0.4) is 0 Å². The molecule has 2 N–H and O–H groups in total. The Morgan fingerprint density at radius 3 is 2.81 bits per heavy atom. The van der Waals surface area contributed by atoms with Crippen molar-refractivity contribution in [2.45, 2.75) is 43.9 Å². The molecule has 6 nitrogen and oxygen atoms in total. The van der Waals surface area contributed by atoms with E-state index in [1.807, 2.05) is 18.2 Å². The Morgan fingerprint density at radius 2 is 2.12 bits per heavy atom. The third kappa shape index (κ3) is 4.64. The molecule has 146 valence electrons.